The molecule has 8 nitrogen and oxygen atoms in total. The highest BCUT2D eigenvalue weighted by Gasteiger charge is 2.24. The number of sulfonamides is 2. The number of rotatable bonds is 6. The van der Waals surface area contributed by atoms with Crippen LogP contribution in [0.15, 0.2) is 93.4 Å². The molecule has 5 aromatic rings. The van der Waals surface area contributed by atoms with Crippen molar-refractivity contribution in [3.8, 4) is 0 Å². The second-order valence-corrected chi connectivity index (χ2v) is 11.3. The normalized spacial score (nSPS) is 12.3. The van der Waals surface area contributed by atoms with E-state index in [4.69, 9.17) is 16.0 Å². The van der Waals surface area contributed by atoms with E-state index in [1.807, 2.05) is 12.1 Å². The highest BCUT2D eigenvalue weighted by atomic mass is 35.5. The number of anilines is 2. The van der Waals surface area contributed by atoms with Crippen molar-refractivity contribution >= 4 is 64.9 Å². The molecule has 0 aliphatic carbocycles. The number of hydrogen-bond acceptors (Lipinski definition) is 5. The van der Waals surface area contributed by atoms with Crippen LogP contribution in [-0.4, -0.2) is 21.4 Å². The second kappa shape index (κ2) is 8.08. The standard InChI is InChI=1S/C23H18ClN3O5S2/c1-27-12-11-15-6-4-8-21(23(15)27)33(28,29)25-18-10-9-17(24)14-19(18)26-34(30,31)22-13-16-5-2-3-7-20(16)32-22/h2-14,25-26H,1H3. The second-order valence-electron chi connectivity index (χ2n) is 7.62. The van der Waals surface area contributed by atoms with E-state index in [0.29, 0.717) is 16.5 Å². The number of halogens is 1. The lowest BCUT2D eigenvalue weighted by atomic mass is 10.2. The molecule has 0 saturated carbocycles. The molecule has 0 aliphatic heterocycles. The van der Waals surface area contributed by atoms with Gasteiger partial charge < -0.3 is 8.98 Å². The first-order valence-corrected chi connectivity index (χ1v) is 13.4. The van der Waals surface area contributed by atoms with Crippen molar-refractivity contribution in [1.82, 2.24) is 4.57 Å². The number of hydrogen-bond donors (Lipinski definition) is 2. The summed E-state index contributed by atoms with van der Waals surface area (Å²) in [7, 11) is -6.52. The zero-order chi connectivity index (χ0) is 24.1. The molecule has 0 amide bonds. The van der Waals surface area contributed by atoms with Gasteiger partial charge in [0.25, 0.3) is 20.0 Å². The first kappa shape index (κ1) is 22.3. The summed E-state index contributed by atoms with van der Waals surface area (Å²) < 4.78 is 64.7. The Labute approximate surface area is 200 Å². The van der Waals surface area contributed by atoms with Gasteiger partial charge in [0, 0.05) is 35.1 Å². The number of para-hydroxylation sites is 2. The highest BCUT2D eigenvalue weighted by Crippen LogP contribution is 2.33. The molecule has 2 aromatic heterocycles. The molecule has 2 N–H and O–H groups in total. The van der Waals surface area contributed by atoms with Crippen LogP contribution >= 0.6 is 11.6 Å². The minimum Gasteiger partial charge on any atom is -0.443 e. The summed E-state index contributed by atoms with van der Waals surface area (Å²) in [6, 6.07) is 19.2. The Bertz CT molecular complexity index is 1740. The first-order chi connectivity index (χ1) is 16.1. The molecule has 0 bridgehead atoms. The number of furan rings is 1. The third kappa shape index (κ3) is 4.00. The number of nitrogens with zero attached hydrogens (tertiary/aromatic N) is 1. The van der Waals surface area contributed by atoms with Crippen molar-refractivity contribution in [1.29, 1.82) is 0 Å². The highest BCUT2D eigenvalue weighted by molar-refractivity contribution is 7.93. The van der Waals surface area contributed by atoms with Crippen molar-refractivity contribution < 1.29 is 21.3 Å². The monoisotopic (exact) mass is 515 g/mol. The van der Waals surface area contributed by atoms with Gasteiger partial charge in [-0.25, -0.2) is 8.42 Å². The van der Waals surface area contributed by atoms with Gasteiger partial charge in [-0.2, -0.15) is 8.42 Å². The zero-order valence-corrected chi connectivity index (χ0v) is 20.1. The Hall–Kier alpha value is -3.47. The van der Waals surface area contributed by atoms with Gasteiger partial charge in [-0.3, -0.25) is 9.44 Å². The average molecular weight is 516 g/mol. The Kier molecular flexibility index (Phi) is 5.31. The summed E-state index contributed by atoms with van der Waals surface area (Å²) in [4.78, 5) is 0.0542. The van der Waals surface area contributed by atoms with E-state index >= 15 is 0 Å². The molecule has 0 fully saturated rings. The van der Waals surface area contributed by atoms with Crippen LogP contribution in [0, 0.1) is 0 Å². The lowest BCUT2D eigenvalue weighted by Gasteiger charge is -2.15. The number of benzene rings is 3. The topological polar surface area (TPSA) is 110 Å². The fraction of sp³-hybridized carbons (Fsp3) is 0.0435. The van der Waals surface area contributed by atoms with E-state index in [1.165, 1.54) is 30.3 Å². The number of aryl methyl sites for hydroxylation is 1. The van der Waals surface area contributed by atoms with Crippen molar-refractivity contribution in [2.75, 3.05) is 9.44 Å². The molecule has 34 heavy (non-hydrogen) atoms. The molecule has 174 valence electrons. The molecule has 2 heterocycles. The Balaban J connectivity index is 1.53. The molecule has 3 aromatic carbocycles. The Morgan fingerprint density at radius 2 is 1.53 bits per heavy atom. The maximum absolute atomic E-state index is 13.3. The molecular weight excluding hydrogens is 498 g/mol. The van der Waals surface area contributed by atoms with Crippen molar-refractivity contribution in [2.24, 2.45) is 7.05 Å². The lowest BCUT2D eigenvalue weighted by molar-refractivity contribution is 0.484. The zero-order valence-electron chi connectivity index (χ0n) is 17.7. The summed E-state index contributed by atoms with van der Waals surface area (Å²) in [5.41, 5.74) is 0.893. The quantitative estimate of drug-likeness (QED) is 0.324. The number of fused-ring (bicyclic) bond motifs is 2. The van der Waals surface area contributed by atoms with Crippen LogP contribution in [0.1, 0.15) is 0 Å². The maximum Gasteiger partial charge on any atom is 0.295 e. The summed E-state index contributed by atoms with van der Waals surface area (Å²) >= 11 is 6.09. The largest absolute Gasteiger partial charge is 0.443 e. The first-order valence-electron chi connectivity index (χ1n) is 10.0. The van der Waals surface area contributed by atoms with Gasteiger partial charge in [0.05, 0.1) is 16.9 Å². The van der Waals surface area contributed by atoms with Gasteiger partial charge in [0.2, 0.25) is 5.09 Å². The molecule has 0 aliphatic rings. The number of aromatic nitrogens is 1. The summed E-state index contributed by atoms with van der Waals surface area (Å²) in [5, 5.41) is 1.28. The average Bonchev–Trinajstić information content (AvgIpc) is 3.40. The number of nitrogens with one attached hydrogen (secondary N) is 2. The maximum atomic E-state index is 13.3. The van der Waals surface area contributed by atoms with Crippen molar-refractivity contribution in [2.45, 2.75) is 9.99 Å². The Morgan fingerprint density at radius 3 is 2.32 bits per heavy atom. The molecule has 0 unspecified atom stereocenters. The van der Waals surface area contributed by atoms with Crippen LogP contribution in [0.4, 0.5) is 11.4 Å². The van der Waals surface area contributed by atoms with Crippen LogP contribution in [-0.2, 0) is 27.1 Å². The smallest absolute Gasteiger partial charge is 0.295 e. The molecule has 0 radical (unpaired) electrons. The molecule has 0 atom stereocenters. The van der Waals surface area contributed by atoms with E-state index in [2.05, 4.69) is 9.44 Å². The van der Waals surface area contributed by atoms with Gasteiger partial charge in [0.1, 0.15) is 10.5 Å². The van der Waals surface area contributed by atoms with Crippen molar-refractivity contribution in [3.63, 3.8) is 0 Å². The SMILES string of the molecule is Cn1ccc2cccc(S(=O)(=O)Nc3ccc(Cl)cc3NS(=O)(=O)c3cc4ccccc4o3)c21. The van der Waals surface area contributed by atoms with Gasteiger partial charge in [-0.15, -0.1) is 0 Å². The Morgan fingerprint density at radius 1 is 0.794 bits per heavy atom. The van der Waals surface area contributed by atoms with Crippen molar-refractivity contribution in [3.05, 3.63) is 84.0 Å². The fourth-order valence-corrected chi connectivity index (χ4v) is 6.27. The van der Waals surface area contributed by atoms with Crippen LogP contribution < -0.4 is 9.44 Å². The van der Waals surface area contributed by atoms with Gasteiger partial charge in [-0.05, 0) is 36.4 Å². The molecule has 11 heteroatoms. The molecule has 0 spiro atoms. The van der Waals surface area contributed by atoms with E-state index < -0.39 is 20.0 Å². The van der Waals surface area contributed by atoms with E-state index in [-0.39, 0.29) is 26.4 Å². The predicted octanol–water partition coefficient (Wildman–Crippen LogP) is 5.18. The third-order valence-corrected chi connectivity index (χ3v) is 8.14. The van der Waals surface area contributed by atoms with E-state index in [1.54, 1.807) is 48.1 Å². The third-order valence-electron chi connectivity index (χ3n) is 5.29. The molecular formula is C23H18ClN3O5S2. The molecule has 5 rings (SSSR count). The van der Waals surface area contributed by atoms with E-state index in [0.717, 1.165) is 5.39 Å². The van der Waals surface area contributed by atoms with Gasteiger partial charge in [-0.1, -0.05) is 41.9 Å². The minimum atomic E-state index is -4.18. The van der Waals surface area contributed by atoms with Crippen LogP contribution in [0.5, 0.6) is 0 Å². The fourth-order valence-electron chi connectivity index (χ4n) is 3.71. The summed E-state index contributed by atoms with van der Waals surface area (Å²) in [6.07, 6.45) is 1.76. The van der Waals surface area contributed by atoms with E-state index in [9.17, 15) is 16.8 Å². The summed E-state index contributed by atoms with van der Waals surface area (Å²) in [6.45, 7) is 0. The van der Waals surface area contributed by atoms with Crippen LogP contribution in [0.2, 0.25) is 5.02 Å². The van der Waals surface area contributed by atoms with Crippen LogP contribution in [0.25, 0.3) is 21.9 Å². The van der Waals surface area contributed by atoms with Gasteiger partial charge in [0.15, 0.2) is 0 Å². The summed E-state index contributed by atoms with van der Waals surface area (Å²) in [5.74, 6) is 0. The van der Waals surface area contributed by atoms with Crippen LogP contribution in [0.3, 0.4) is 0 Å². The molecule has 0 saturated heterocycles. The predicted molar refractivity (Wildman–Crippen MR) is 132 cm³/mol. The lowest BCUT2D eigenvalue weighted by Crippen LogP contribution is -2.18. The van der Waals surface area contributed by atoms with Gasteiger partial charge >= 0.3 is 0 Å². The minimum absolute atomic E-state index is 0.00954.